The Morgan fingerprint density at radius 3 is 2.84 bits per heavy atom. The number of fused-ring (bicyclic) bond motifs is 1. The molecule has 0 saturated carbocycles. The van der Waals surface area contributed by atoms with E-state index in [4.69, 9.17) is 0 Å². The molecule has 4 rings (SSSR count). The predicted molar refractivity (Wildman–Crippen MR) is 96.9 cm³/mol. The molecule has 1 aliphatic rings. The van der Waals surface area contributed by atoms with E-state index < -0.39 is 0 Å². The van der Waals surface area contributed by atoms with Crippen LogP contribution in [0.5, 0.6) is 0 Å². The highest BCUT2D eigenvalue weighted by atomic mass is 16.1. The van der Waals surface area contributed by atoms with Gasteiger partial charge in [0.2, 0.25) is 0 Å². The highest BCUT2D eigenvalue weighted by Gasteiger charge is 2.14. The lowest BCUT2D eigenvalue weighted by Gasteiger charge is -2.27. The molecule has 128 valence electrons. The SMILES string of the molecule is Cc1cc(C(=O)Nc2ccnc(N3CCCCC3)c2)cc2n[nH]nc12. The number of amides is 1. The second-order valence-corrected chi connectivity index (χ2v) is 6.39. The lowest BCUT2D eigenvalue weighted by molar-refractivity contribution is 0.102. The van der Waals surface area contributed by atoms with Gasteiger partial charge < -0.3 is 10.2 Å². The van der Waals surface area contributed by atoms with Crippen molar-refractivity contribution in [3.8, 4) is 0 Å². The summed E-state index contributed by atoms with van der Waals surface area (Å²) in [5.41, 5.74) is 3.70. The second-order valence-electron chi connectivity index (χ2n) is 6.39. The van der Waals surface area contributed by atoms with Crippen LogP contribution >= 0.6 is 0 Å². The van der Waals surface area contributed by atoms with Crippen LogP contribution in [0.15, 0.2) is 30.5 Å². The van der Waals surface area contributed by atoms with E-state index in [0.29, 0.717) is 11.1 Å². The molecule has 1 aliphatic heterocycles. The maximum Gasteiger partial charge on any atom is 0.255 e. The van der Waals surface area contributed by atoms with Crippen molar-refractivity contribution in [1.29, 1.82) is 0 Å². The Morgan fingerprint density at radius 1 is 1.16 bits per heavy atom. The molecule has 3 aromatic rings. The Balaban J connectivity index is 1.55. The van der Waals surface area contributed by atoms with E-state index in [0.717, 1.165) is 35.7 Å². The van der Waals surface area contributed by atoms with Crippen molar-refractivity contribution in [2.75, 3.05) is 23.3 Å². The molecule has 0 bridgehead atoms. The number of carbonyl (C=O) groups excluding carboxylic acids is 1. The minimum Gasteiger partial charge on any atom is -0.357 e. The van der Waals surface area contributed by atoms with Gasteiger partial charge in [-0.25, -0.2) is 4.98 Å². The number of piperidine rings is 1. The highest BCUT2D eigenvalue weighted by molar-refractivity contribution is 6.06. The summed E-state index contributed by atoms with van der Waals surface area (Å²) in [4.78, 5) is 19.3. The van der Waals surface area contributed by atoms with Crippen LogP contribution in [0.2, 0.25) is 0 Å². The van der Waals surface area contributed by atoms with Gasteiger partial charge in [-0.1, -0.05) is 0 Å². The largest absolute Gasteiger partial charge is 0.357 e. The number of H-pyrrole nitrogens is 1. The van der Waals surface area contributed by atoms with Crippen molar-refractivity contribution in [3.63, 3.8) is 0 Å². The molecule has 1 saturated heterocycles. The van der Waals surface area contributed by atoms with E-state index in [-0.39, 0.29) is 5.91 Å². The van der Waals surface area contributed by atoms with Gasteiger partial charge >= 0.3 is 0 Å². The molecule has 0 aliphatic carbocycles. The van der Waals surface area contributed by atoms with Crippen LogP contribution in [0.25, 0.3) is 11.0 Å². The molecule has 2 aromatic heterocycles. The van der Waals surface area contributed by atoms with Crippen LogP contribution in [-0.4, -0.2) is 39.4 Å². The molecule has 7 nitrogen and oxygen atoms in total. The maximum absolute atomic E-state index is 12.6. The first-order valence-electron chi connectivity index (χ1n) is 8.54. The molecular weight excluding hydrogens is 316 g/mol. The van der Waals surface area contributed by atoms with Gasteiger partial charge in [-0.3, -0.25) is 4.79 Å². The van der Waals surface area contributed by atoms with Gasteiger partial charge in [0.15, 0.2) is 0 Å². The number of aromatic nitrogens is 4. The number of rotatable bonds is 3. The molecule has 25 heavy (non-hydrogen) atoms. The zero-order chi connectivity index (χ0) is 17.2. The highest BCUT2D eigenvalue weighted by Crippen LogP contribution is 2.22. The molecule has 0 radical (unpaired) electrons. The maximum atomic E-state index is 12.6. The topological polar surface area (TPSA) is 86.8 Å². The van der Waals surface area contributed by atoms with Crippen LogP contribution in [0.4, 0.5) is 11.5 Å². The summed E-state index contributed by atoms with van der Waals surface area (Å²) in [5.74, 6) is 0.754. The Bertz CT molecular complexity index is 913. The van der Waals surface area contributed by atoms with Crippen LogP contribution in [0, 0.1) is 6.92 Å². The summed E-state index contributed by atoms with van der Waals surface area (Å²) in [6, 6.07) is 7.32. The number of hydrogen-bond acceptors (Lipinski definition) is 5. The van der Waals surface area contributed by atoms with Gasteiger partial charge in [0.25, 0.3) is 5.91 Å². The van der Waals surface area contributed by atoms with Gasteiger partial charge in [-0.15, -0.1) is 0 Å². The monoisotopic (exact) mass is 336 g/mol. The number of hydrogen-bond donors (Lipinski definition) is 2. The Kier molecular flexibility index (Phi) is 4.05. The fourth-order valence-electron chi connectivity index (χ4n) is 3.25. The number of nitrogens with zero attached hydrogens (tertiary/aromatic N) is 4. The number of carbonyl (C=O) groups is 1. The summed E-state index contributed by atoms with van der Waals surface area (Å²) >= 11 is 0. The zero-order valence-corrected chi connectivity index (χ0v) is 14.1. The molecule has 0 unspecified atom stereocenters. The Morgan fingerprint density at radius 2 is 2.00 bits per heavy atom. The molecule has 1 amide bonds. The van der Waals surface area contributed by atoms with Crippen LogP contribution < -0.4 is 10.2 Å². The lowest BCUT2D eigenvalue weighted by Crippen LogP contribution is -2.30. The van der Waals surface area contributed by atoms with E-state index >= 15 is 0 Å². The van der Waals surface area contributed by atoms with Crippen molar-refractivity contribution < 1.29 is 4.79 Å². The van der Waals surface area contributed by atoms with Crippen molar-refractivity contribution in [2.24, 2.45) is 0 Å². The second kappa shape index (κ2) is 6.51. The molecule has 0 atom stereocenters. The van der Waals surface area contributed by atoms with Crippen molar-refractivity contribution in [2.45, 2.75) is 26.2 Å². The van der Waals surface area contributed by atoms with Crippen molar-refractivity contribution >= 4 is 28.4 Å². The fraction of sp³-hybridized carbons (Fsp3) is 0.333. The molecular formula is C18H20N6O. The van der Waals surface area contributed by atoms with E-state index in [1.54, 1.807) is 12.3 Å². The van der Waals surface area contributed by atoms with Gasteiger partial charge in [-0.05, 0) is 49.9 Å². The Hall–Kier alpha value is -2.96. The number of pyridine rings is 1. The molecule has 3 heterocycles. The standard InChI is InChI=1S/C18H20N6O/c1-12-9-13(10-15-17(12)22-23-21-15)18(25)20-14-5-6-19-16(11-14)24-7-3-2-4-8-24/h5-6,9-11H,2-4,7-8H2,1H3,(H,19,20,25)(H,21,22,23). The summed E-state index contributed by atoms with van der Waals surface area (Å²) in [7, 11) is 0. The first kappa shape index (κ1) is 15.6. The zero-order valence-electron chi connectivity index (χ0n) is 14.1. The quantitative estimate of drug-likeness (QED) is 0.768. The third-order valence-corrected chi connectivity index (χ3v) is 4.56. The average molecular weight is 336 g/mol. The minimum atomic E-state index is -0.163. The van der Waals surface area contributed by atoms with Crippen LogP contribution in [-0.2, 0) is 0 Å². The third kappa shape index (κ3) is 3.17. The lowest BCUT2D eigenvalue weighted by atomic mass is 10.1. The van der Waals surface area contributed by atoms with E-state index in [1.807, 2.05) is 25.1 Å². The first-order chi connectivity index (χ1) is 12.2. The smallest absolute Gasteiger partial charge is 0.255 e. The number of benzene rings is 1. The van der Waals surface area contributed by atoms with E-state index in [1.165, 1.54) is 19.3 Å². The molecule has 1 aromatic carbocycles. The van der Waals surface area contributed by atoms with Crippen molar-refractivity contribution in [1.82, 2.24) is 20.4 Å². The summed E-state index contributed by atoms with van der Waals surface area (Å²) in [5, 5.41) is 13.7. The third-order valence-electron chi connectivity index (χ3n) is 4.56. The average Bonchev–Trinajstić information content (AvgIpc) is 3.12. The van der Waals surface area contributed by atoms with Crippen molar-refractivity contribution in [3.05, 3.63) is 41.6 Å². The number of nitrogens with one attached hydrogen (secondary N) is 2. The molecule has 1 fully saturated rings. The predicted octanol–water partition coefficient (Wildman–Crippen LogP) is 2.90. The minimum absolute atomic E-state index is 0.163. The van der Waals surface area contributed by atoms with Gasteiger partial charge in [0, 0.05) is 36.6 Å². The number of aromatic amines is 1. The van der Waals surface area contributed by atoms with Gasteiger partial charge in [0.1, 0.15) is 16.9 Å². The summed E-state index contributed by atoms with van der Waals surface area (Å²) in [6.45, 7) is 3.96. The normalized spacial score (nSPS) is 14.7. The molecule has 7 heteroatoms. The first-order valence-corrected chi connectivity index (χ1v) is 8.54. The summed E-state index contributed by atoms with van der Waals surface area (Å²) < 4.78 is 0. The van der Waals surface area contributed by atoms with Gasteiger partial charge in [0.05, 0.1) is 0 Å². The van der Waals surface area contributed by atoms with E-state index in [2.05, 4.69) is 30.6 Å². The van der Waals surface area contributed by atoms with Crippen LogP contribution in [0.3, 0.4) is 0 Å². The van der Waals surface area contributed by atoms with Gasteiger partial charge in [-0.2, -0.15) is 15.4 Å². The van der Waals surface area contributed by atoms with E-state index in [9.17, 15) is 4.79 Å². The summed E-state index contributed by atoms with van der Waals surface area (Å²) in [6.07, 6.45) is 5.40. The number of anilines is 2. The Labute approximate surface area is 145 Å². The van der Waals surface area contributed by atoms with Crippen LogP contribution in [0.1, 0.15) is 35.2 Å². The molecule has 0 spiro atoms. The number of aryl methyl sites for hydroxylation is 1. The fourth-order valence-corrected chi connectivity index (χ4v) is 3.25. The molecule has 2 N–H and O–H groups in total.